The second-order valence-electron chi connectivity index (χ2n) is 3.69. The normalized spacial score (nSPS) is 9.61. The number of hydrogen-bond acceptors (Lipinski definition) is 3. The summed E-state index contributed by atoms with van der Waals surface area (Å²) in [7, 11) is 1.63. The molecule has 0 aliphatic heterocycles. The fourth-order valence-corrected chi connectivity index (χ4v) is 2.06. The molecule has 3 nitrogen and oxygen atoms in total. The van der Waals surface area contributed by atoms with Crippen LogP contribution in [0.2, 0.25) is 0 Å². The summed E-state index contributed by atoms with van der Waals surface area (Å²) in [5.74, 6) is 0.813. The number of anilines is 2. The van der Waals surface area contributed by atoms with E-state index in [1.54, 1.807) is 19.2 Å². The van der Waals surface area contributed by atoms with Crippen molar-refractivity contribution in [2.75, 3.05) is 12.4 Å². The summed E-state index contributed by atoms with van der Waals surface area (Å²) in [5.41, 5.74) is 2.42. The van der Waals surface area contributed by atoms with Crippen LogP contribution in [0.4, 0.5) is 11.4 Å². The van der Waals surface area contributed by atoms with E-state index < -0.39 is 0 Å². The Morgan fingerprint density at radius 1 is 1.11 bits per heavy atom. The smallest absolute Gasteiger partial charge is 0.119 e. The molecular weight excluding hydrogens is 292 g/mol. The third-order valence-corrected chi connectivity index (χ3v) is 2.86. The molecule has 4 heteroatoms. The fraction of sp³-hybridized carbons (Fsp3) is 0.0714. The molecule has 1 N–H and O–H groups in total. The van der Waals surface area contributed by atoms with Crippen LogP contribution in [0.15, 0.2) is 46.9 Å². The molecule has 2 rings (SSSR count). The van der Waals surface area contributed by atoms with Crippen molar-refractivity contribution in [1.82, 2.24) is 0 Å². The highest BCUT2D eigenvalue weighted by atomic mass is 79.9. The van der Waals surface area contributed by atoms with Crippen LogP contribution in [0.1, 0.15) is 5.56 Å². The van der Waals surface area contributed by atoms with E-state index in [0.717, 1.165) is 21.6 Å². The molecule has 0 amide bonds. The number of nitriles is 1. The molecule has 0 aliphatic carbocycles. The zero-order valence-electron chi connectivity index (χ0n) is 9.77. The molecule has 90 valence electrons. The Kier molecular flexibility index (Phi) is 3.85. The highest BCUT2D eigenvalue weighted by molar-refractivity contribution is 9.10. The van der Waals surface area contributed by atoms with E-state index in [-0.39, 0.29) is 0 Å². The second kappa shape index (κ2) is 5.56. The third kappa shape index (κ3) is 3.02. The van der Waals surface area contributed by atoms with Gasteiger partial charge in [-0.25, -0.2) is 0 Å². The fourth-order valence-electron chi connectivity index (χ4n) is 1.57. The first kappa shape index (κ1) is 12.5. The van der Waals surface area contributed by atoms with Crippen molar-refractivity contribution in [3.8, 4) is 11.8 Å². The molecule has 0 aliphatic rings. The second-order valence-corrected chi connectivity index (χ2v) is 4.61. The maximum absolute atomic E-state index is 8.91. The van der Waals surface area contributed by atoms with Crippen LogP contribution in [-0.2, 0) is 0 Å². The minimum Gasteiger partial charge on any atom is -0.497 e. The van der Waals surface area contributed by atoms with Gasteiger partial charge < -0.3 is 10.1 Å². The molecular formula is C14H11BrN2O. The van der Waals surface area contributed by atoms with Gasteiger partial charge in [-0.05, 0) is 42.5 Å². The van der Waals surface area contributed by atoms with Gasteiger partial charge in [0.15, 0.2) is 0 Å². The van der Waals surface area contributed by atoms with Gasteiger partial charge in [-0.1, -0.05) is 15.9 Å². The summed E-state index contributed by atoms with van der Waals surface area (Å²) in [6.45, 7) is 0. The Balaban J connectivity index is 2.22. The Morgan fingerprint density at radius 2 is 1.83 bits per heavy atom. The molecule has 0 unspecified atom stereocenters. The van der Waals surface area contributed by atoms with Gasteiger partial charge in [-0.3, -0.25) is 0 Å². The lowest BCUT2D eigenvalue weighted by Gasteiger charge is -2.08. The van der Waals surface area contributed by atoms with Crippen molar-refractivity contribution in [3.63, 3.8) is 0 Å². The number of halogens is 1. The van der Waals surface area contributed by atoms with Crippen molar-refractivity contribution in [3.05, 3.63) is 52.5 Å². The van der Waals surface area contributed by atoms with E-state index in [4.69, 9.17) is 10.00 Å². The van der Waals surface area contributed by atoms with Gasteiger partial charge in [0.2, 0.25) is 0 Å². The number of methoxy groups -OCH3 is 1. The Labute approximate surface area is 114 Å². The van der Waals surface area contributed by atoms with E-state index >= 15 is 0 Å². The standard InChI is InChI=1S/C14H11BrN2O/c1-18-14-4-2-12(3-5-14)17-13-7-10(9-16)6-11(15)8-13/h2-8,17H,1H3. The van der Waals surface area contributed by atoms with Crippen molar-refractivity contribution in [2.45, 2.75) is 0 Å². The lowest BCUT2D eigenvalue weighted by Crippen LogP contribution is -1.91. The SMILES string of the molecule is COc1ccc(Nc2cc(Br)cc(C#N)c2)cc1. The summed E-state index contributed by atoms with van der Waals surface area (Å²) >= 11 is 3.38. The highest BCUT2D eigenvalue weighted by Crippen LogP contribution is 2.24. The van der Waals surface area contributed by atoms with Crippen LogP contribution in [0.25, 0.3) is 0 Å². The van der Waals surface area contributed by atoms with Crippen LogP contribution in [0.3, 0.4) is 0 Å². The molecule has 2 aromatic carbocycles. The molecule has 18 heavy (non-hydrogen) atoms. The Bertz CT molecular complexity index is 588. The van der Waals surface area contributed by atoms with Crippen molar-refractivity contribution in [1.29, 1.82) is 5.26 Å². The van der Waals surface area contributed by atoms with Crippen LogP contribution in [0, 0.1) is 11.3 Å². The zero-order valence-corrected chi connectivity index (χ0v) is 11.4. The first-order chi connectivity index (χ1) is 8.71. The number of ether oxygens (including phenoxy) is 1. The molecule has 0 aromatic heterocycles. The molecule has 0 spiro atoms. The summed E-state index contributed by atoms with van der Waals surface area (Å²) in [4.78, 5) is 0. The van der Waals surface area contributed by atoms with Gasteiger partial charge in [-0.2, -0.15) is 5.26 Å². The predicted molar refractivity (Wildman–Crippen MR) is 75.1 cm³/mol. The minimum atomic E-state index is 0.611. The lowest BCUT2D eigenvalue weighted by atomic mass is 10.2. The van der Waals surface area contributed by atoms with E-state index in [1.807, 2.05) is 30.3 Å². The van der Waals surface area contributed by atoms with E-state index in [0.29, 0.717) is 5.56 Å². The molecule has 2 aromatic rings. The first-order valence-corrected chi connectivity index (χ1v) is 6.12. The highest BCUT2D eigenvalue weighted by Gasteiger charge is 2.00. The predicted octanol–water partition coefficient (Wildman–Crippen LogP) is 4.07. The monoisotopic (exact) mass is 302 g/mol. The van der Waals surface area contributed by atoms with Gasteiger partial charge in [0.25, 0.3) is 0 Å². The van der Waals surface area contributed by atoms with Crippen molar-refractivity contribution in [2.24, 2.45) is 0 Å². The molecule has 0 fully saturated rings. The maximum atomic E-state index is 8.91. The quantitative estimate of drug-likeness (QED) is 0.929. The van der Waals surface area contributed by atoms with E-state index in [9.17, 15) is 0 Å². The zero-order chi connectivity index (χ0) is 13.0. The Hall–Kier alpha value is -1.99. The molecule has 0 heterocycles. The number of nitrogens with one attached hydrogen (secondary N) is 1. The van der Waals surface area contributed by atoms with Crippen molar-refractivity contribution >= 4 is 27.3 Å². The van der Waals surface area contributed by atoms with Gasteiger partial charge in [-0.15, -0.1) is 0 Å². The topological polar surface area (TPSA) is 45.0 Å². The number of benzene rings is 2. The first-order valence-electron chi connectivity index (χ1n) is 5.33. The molecule has 0 atom stereocenters. The number of nitrogens with zero attached hydrogens (tertiary/aromatic N) is 1. The largest absolute Gasteiger partial charge is 0.497 e. The van der Waals surface area contributed by atoms with Gasteiger partial charge in [0.1, 0.15) is 5.75 Å². The summed E-state index contributed by atoms with van der Waals surface area (Å²) in [5, 5.41) is 12.1. The molecule has 0 bridgehead atoms. The van der Waals surface area contributed by atoms with Crippen molar-refractivity contribution < 1.29 is 4.74 Å². The van der Waals surface area contributed by atoms with Gasteiger partial charge >= 0.3 is 0 Å². The van der Waals surface area contributed by atoms with Crippen LogP contribution in [0.5, 0.6) is 5.75 Å². The van der Waals surface area contributed by atoms with E-state index in [1.165, 1.54) is 0 Å². The van der Waals surface area contributed by atoms with E-state index in [2.05, 4.69) is 27.3 Å². The average Bonchev–Trinajstić information content (AvgIpc) is 2.39. The molecule has 0 saturated carbocycles. The summed E-state index contributed by atoms with van der Waals surface area (Å²) in [6.07, 6.45) is 0. The lowest BCUT2D eigenvalue weighted by molar-refractivity contribution is 0.415. The minimum absolute atomic E-state index is 0.611. The van der Waals surface area contributed by atoms with Crippen LogP contribution in [-0.4, -0.2) is 7.11 Å². The van der Waals surface area contributed by atoms with Crippen LogP contribution < -0.4 is 10.1 Å². The summed E-state index contributed by atoms with van der Waals surface area (Å²) < 4.78 is 5.97. The maximum Gasteiger partial charge on any atom is 0.119 e. The van der Waals surface area contributed by atoms with Gasteiger partial charge in [0.05, 0.1) is 18.7 Å². The average molecular weight is 303 g/mol. The number of hydrogen-bond donors (Lipinski definition) is 1. The number of rotatable bonds is 3. The molecule has 0 saturated heterocycles. The van der Waals surface area contributed by atoms with Crippen LogP contribution >= 0.6 is 15.9 Å². The summed E-state index contributed by atoms with van der Waals surface area (Å²) in [6, 6.07) is 15.2. The third-order valence-electron chi connectivity index (χ3n) is 2.41. The molecule has 0 radical (unpaired) electrons. The Morgan fingerprint density at radius 3 is 2.44 bits per heavy atom. The van der Waals surface area contributed by atoms with Gasteiger partial charge in [0, 0.05) is 15.8 Å².